The highest BCUT2D eigenvalue weighted by atomic mass is 32.2. The molecule has 172 valence electrons. The van der Waals surface area contributed by atoms with E-state index in [4.69, 9.17) is 4.74 Å². The summed E-state index contributed by atoms with van der Waals surface area (Å²) in [7, 11) is -2.07. The molecule has 1 heterocycles. The van der Waals surface area contributed by atoms with Crippen molar-refractivity contribution >= 4 is 33.2 Å². The van der Waals surface area contributed by atoms with Crippen LogP contribution in [0.2, 0.25) is 0 Å². The number of methoxy groups -OCH3 is 1. The van der Waals surface area contributed by atoms with Crippen molar-refractivity contribution in [3.63, 3.8) is 0 Å². The molecule has 3 rings (SSSR count). The Kier molecular flexibility index (Phi) is 7.34. The fourth-order valence-corrected chi connectivity index (χ4v) is 4.14. The minimum absolute atomic E-state index is 0.0799. The van der Waals surface area contributed by atoms with Crippen LogP contribution in [0.4, 0.5) is 15.8 Å². The quantitative estimate of drug-likeness (QED) is 0.657. The lowest BCUT2D eigenvalue weighted by molar-refractivity contribution is -0.121. The van der Waals surface area contributed by atoms with E-state index in [1.54, 1.807) is 11.0 Å². The maximum atomic E-state index is 13.1. The summed E-state index contributed by atoms with van der Waals surface area (Å²) in [6, 6.07) is 9.97. The Bertz CT molecular complexity index is 1090. The molecular weight excluding hydrogens is 437 g/mol. The summed E-state index contributed by atoms with van der Waals surface area (Å²) < 4.78 is 44.5. The fraction of sp³-hybridized carbons (Fsp3) is 0.364. The number of amides is 2. The molecule has 2 aromatic carbocycles. The second-order valence-corrected chi connectivity index (χ2v) is 9.52. The molecule has 0 spiro atoms. The van der Waals surface area contributed by atoms with Crippen molar-refractivity contribution in [3.05, 3.63) is 53.8 Å². The lowest BCUT2D eigenvalue weighted by Crippen LogP contribution is -2.43. The second-order valence-electron chi connectivity index (χ2n) is 7.51. The number of benzene rings is 2. The van der Waals surface area contributed by atoms with Crippen LogP contribution in [0, 0.1) is 11.7 Å². The zero-order valence-corrected chi connectivity index (χ0v) is 18.7. The molecule has 2 amide bonds. The van der Waals surface area contributed by atoms with Crippen LogP contribution < -0.4 is 14.8 Å². The lowest BCUT2D eigenvalue weighted by atomic mass is 9.96. The third kappa shape index (κ3) is 5.76. The third-order valence-corrected chi connectivity index (χ3v) is 6.58. The molecular formula is C22H26FN3O5S. The summed E-state index contributed by atoms with van der Waals surface area (Å²) in [5.41, 5.74) is 1.11. The number of ether oxygens (including phenoxy) is 1. The number of nitrogens with zero attached hydrogens (tertiary/aromatic N) is 1. The highest BCUT2D eigenvalue weighted by Crippen LogP contribution is 2.29. The van der Waals surface area contributed by atoms with Crippen LogP contribution in [0.15, 0.2) is 42.5 Å². The number of nitrogens with one attached hydrogen (secondary N) is 2. The van der Waals surface area contributed by atoms with Crippen molar-refractivity contribution in [2.75, 3.05) is 36.0 Å². The van der Waals surface area contributed by atoms with E-state index < -0.39 is 21.8 Å². The van der Waals surface area contributed by atoms with Crippen molar-refractivity contribution in [3.8, 4) is 5.75 Å². The van der Waals surface area contributed by atoms with E-state index in [1.807, 2.05) is 0 Å². The summed E-state index contributed by atoms with van der Waals surface area (Å²) in [6.07, 6.45) is 1.30. The average Bonchev–Trinajstić information content (AvgIpc) is 2.80. The van der Waals surface area contributed by atoms with Gasteiger partial charge in [0.15, 0.2) is 0 Å². The number of sulfonamides is 1. The Morgan fingerprint density at radius 1 is 1.19 bits per heavy atom. The number of hydrogen-bond acceptors (Lipinski definition) is 5. The van der Waals surface area contributed by atoms with E-state index in [-0.39, 0.29) is 35.5 Å². The van der Waals surface area contributed by atoms with E-state index in [0.717, 1.165) is 0 Å². The zero-order chi connectivity index (χ0) is 23.3. The summed E-state index contributed by atoms with van der Waals surface area (Å²) in [4.78, 5) is 27.1. The standard InChI is InChI=1S/C22H26FN3O5S/c1-3-32(29,30)25-19-11-10-18(13-20(19)31-2)24-21(27)16-5-4-12-26(14-16)22(28)15-6-8-17(23)9-7-15/h6-11,13,16,25H,3-5,12,14H2,1-2H3,(H,24,27). The number of carbonyl (C=O) groups is 2. The minimum Gasteiger partial charge on any atom is -0.494 e. The number of rotatable bonds is 7. The summed E-state index contributed by atoms with van der Waals surface area (Å²) >= 11 is 0. The van der Waals surface area contributed by atoms with Gasteiger partial charge in [-0.1, -0.05) is 0 Å². The molecule has 1 aliphatic rings. The Morgan fingerprint density at radius 2 is 1.91 bits per heavy atom. The van der Waals surface area contributed by atoms with Crippen LogP contribution in [0.3, 0.4) is 0 Å². The van der Waals surface area contributed by atoms with Gasteiger partial charge in [-0.15, -0.1) is 0 Å². The first kappa shape index (κ1) is 23.5. The number of halogens is 1. The van der Waals surface area contributed by atoms with Crippen LogP contribution in [0.1, 0.15) is 30.1 Å². The van der Waals surface area contributed by atoms with Gasteiger partial charge in [0, 0.05) is 30.4 Å². The Morgan fingerprint density at radius 3 is 2.56 bits per heavy atom. The van der Waals surface area contributed by atoms with Crippen molar-refractivity contribution in [2.24, 2.45) is 5.92 Å². The Balaban J connectivity index is 1.67. The largest absolute Gasteiger partial charge is 0.494 e. The topological polar surface area (TPSA) is 105 Å². The second kappa shape index (κ2) is 9.99. The molecule has 2 aromatic rings. The molecule has 0 aliphatic carbocycles. The first-order valence-electron chi connectivity index (χ1n) is 10.3. The maximum Gasteiger partial charge on any atom is 0.253 e. The van der Waals surface area contributed by atoms with Crippen LogP contribution in [-0.2, 0) is 14.8 Å². The molecule has 1 fully saturated rings. The van der Waals surface area contributed by atoms with E-state index >= 15 is 0 Å². The molecule has 0 bridgehead atoms. The number of anilines is 2. The molecule has 1 aliphatic heterocycles. The summed E-state index contributed by atoms with van der Waals surface area (Å²) in [5, 5.41) is 2.81. The SMILES string of the molecule is CCS(=O)(=O)Nc1ccc(NC(=O)C2CCCN(C(=O)c3ccc(F)cc3)C2)cc1OC. The zero-order valence-electron chi connectivity index (χ0n) is 17.9. The molecule has 0 radical (unpaired) electrons. The van der Waals surface area contributed by atoms with Gasteiger partial charge in [0.05, 0.1) is 24.5 Å². The van der Waals surface area contributed by atoms with Crippen LogP contribution >= 0.6 is 0 Å². The van der Waals surface area contributed by atoms with Gasteiger partial charge < -0.3 is 15.0 Å². The van der Waals surface area contributed by atoms with Gasteiger partial charge in [0.2, 0.25) is 15.9 Å². The number of likely N-dealkylation sites (tertiary alicyclic amines) is 1. The Labute approximate surface area is 186 Å². The first-order chi connectivity index (χ1) is 15.2. The van der Waals surface area contributed by atoms with E-state index in [2.05, 4.69) is 10.0 Å². The van der Waals surface area contributed by atoms with E-state index in [1.165, 1.54) is 50.4 Å². The van der Waals surface area contributed by atoms with Crippen molar-refractivity contribution in [1.82, 2.24) is 4.90 Å². The maximum absolute atomic E-state index is 13.1. The average molecular weight is 464 g/mol. The summed E-state index contributed by atoms with van der Waals surface area (Å²) in [6.45, 7) is 2.31. The molecule has 2 N–H and O–H groups in total. The lowest BCUT2D eigenvalue weighted by Gasteiger charge is -2.32. The number of piperidine rings is 1. The van der Waals surface area contributed by atoms with Gasteiger partial charge in [-0.2, -0.15) is 0 Å². The first-order valence-corrected chi connectivity index (χ1v) is 11.9. The number of hydrogen-bond donors (Lipinski definition) is 2. The van der Waals surface area contributed by atoms with Crippen LogP contribution in [0.25, 0.3) is 0 Å². The molecule has 1 atom stereocenters. The van der Waals surface area contributed by atoms with Gasteiger partial charge in [0.25, 0.3) is 5.91 Å². The number of carbonyl (C=O) groups excluding carboxylic acids is 2. The smallest absolute Gasteiger partial charge is 0.253 e. The van der Waals surface area contributed by atoms with Crippen molar-refractivity contribution in [1.29, 1.82) is 0 Å². The van der Waals surface area contributed by atoms with Gasteiger partial charge in [-0.25, -0.2) is 12.8 Å². The van der Waals surface area contributed by atoms with Gasteiger partial charge >= 0.3 is 0 Å². The highest BCUT2D eigenvalue weighted by Gasteiger charge is 2.29. The van der Waals surface area contributed by atoms with E-state index in [0.29, 0.717) is 30.6 Å². The molecule has 10 heteroatoms. The van der Waals surface area contributed by atoms with Crippen LogP contribution in [-0.4, -0.2) is 51.1 Å². The monoisotopic (exact) mass is 463 g/mol. The third-order valence-electron chi connectivity index (χ3n) is 5.29. The molecule has 32 heavy (non-hydrogen) atoms. The van der Waals surface area contributed by atoms with Gasteiger partial charge in [-0.3, -0.25) is 14.3 Å². The molecule has 0 aromatic heterocycles. The Hall–Kier alpha value is -3.14. The van der Waals surface area contributed by atoms with Crippen molar-refractivity contribution < 1.29 is 27.1 Å². The van der Waals surface area contributed by atoms with Gasteiger partial charge in [-0.05, 0) is 56.2 Å². The predicted octanol–water partition coefficient (Wildman–Crippen LogP) is 3.09. The molecule has 1 unspecified atom stereocenters. The van der Waals surface area contributed by atoms with Gasteiger partial charge in [0.1, 0.15) is 11.6 Å². The molecule has 1 saturated heterocycles. The highest BCUT2D eigenvalue weighted by molar-refractivity contribution is 7.92. The molecule has 8 nitrogen and oxygen atoms in total. The molecule has 0 saturated carbocycles. The normalized spacial score (nSPS) is 16.3. The van der Waals surface area contributed by atoms with Crippen molar-refractivity contribution in [2.45, 2.75) is 19.8 Å². The summed E-state index contributed by atoms with van der Waals surface area (Å²) in [5.74, 6) is -1.11. The fourth-order valence-electron chi connectivity index (χ4n) is 3.49. The van der Waals surface area contributed by atoms with Crippen LogP contribution in [0.5, 0.6) is 5.75 Å². The van der Waals surface area contributed by atoms with E-state index in [9.17, 15) is 22.4 Å². The minimum atomic E-state index is -3.47. The predicted molar refractivity (Wildman–Crippen MR) is 120 cm³/mol.